The molecule has 0 atom stereocenters. The minimum Gasteiger partial charge on any atom is -0.348 e. The van der Waals surface area contributed by atoms with E-state index in [0.29, 0.717) is 11.5 Å². The number of hydrogen-bond acceptors (Lipinski definition) is 1. The zero-order chi connectivity index (χ0) is 15.5. The second kappa shape index (κ2) is 4.13. The van der Waals surface area contributed by atoms with E-state index < -0.39 is 17.3 Å². The Labute approximate surface area is 118 Å². The van der Waals surface area contributed by atoms with Crippen molar-refractivity contribution in [2.45, 2.75) is 20.0 Å². The molecule has 0 amide bonds. The average molecular weight is 294 g/mol. The number of aromatic amines is 1. The normalized spacial score (nSPS) is 12.5. The summed E-state index contributed by atoms with van der Waals surface area (Å²) in [5.74, 6) is 0. The fourth-order valence-electron chi connectivity index (χ4n) is 2.82. The average Bonchev–Trinajstić information content (AvgIpc) is 2.62. The van der Waals surface area contributed by atoms with E-state index in [1.165, 1.54) is 6.07 Å². The van der Waals surface area contributed by atoms with Gasteiger partial charge in [-0.05, 0) is 25.5 Å². The maximum Gasteiger partial charge on any atom is 0.417 e. The van der Waals surface area contributed by atoms with Crippen LogP contribution in [-0.2, 0) is 13.2 Å². The molecule has 21 heavy (non-hydrogen) atoms. The number of nitrogens with zero attached hydrogens (tertiary/aromatic N) is 1. The van der Waals surface area contributed by atoms with Gasteiger partial charge in [-0.1, -0.05) is 6.07 Å². The molecule has 3 rings (SSSR count). The van der Waals surface area contributed by atoms with Gasteiger partial charge in [-0.2, -0.15) is 13.2 Å². The van der Waals surface area contributed by atoms with Crippen molar-refractivity contribution in [3.63, 3.8) is 0 Å². The first-order valence-corrected chi connectivity index (χ1v) is 6.40. The van der Waals surface area contributed by atoms with Crippen molar-refractivity contribution in [2.24, 2.45) is 7.05 Å². The highest BCUT2D eigenvalue weighted by atomic mass is 19.4. The van der Waals surface area contributed by atoms with Gasteiger partial charge in [-0.25, -0.2) is 0 Å². The lowest BCUT2D eigenvalue weighted by Crippen LogP contribution is -2.14. The van der Waals surface area contributed by atoms with Crippen LogP contribution in [0, 0.1) is 13.8 Å². The van der Waals surface area contributed by atoms with Gasteiger partial charge in [0.1, 0.15) is 0 Å². The minimum atomic E-state index is -4.56. The van der Waals surface area contributed by atoms with E-state index in [0.717, 1.165) is 16.8 Å². The van der Waals surface area contributed by atoms with Gasteiger partial charge in [0, 0.05) is 29.6 Å². The Balaban J connectivity index is 2.61. The minimum absolute atomic E-state index is 0.0169. The third kappa shape index (κ3) is 1.86. The van der Waals surface area contributed by atoms with Crippen LogP contribution in [0.3, 0.4) is 0 Å². The fourth-order valence-corrected chi connectivity index (χ4v) is 2.82. The first-order chi connectivity index (χ1) is 9.71. The predicted molar refractivity (Wildman–Crippen MR) is 75.5 cm³/mol. The molecule has 0 aliphatic heterocycles. The highest BCUT2D eigenvalue weighted by molar-refractivity contribution is 6.07. The summed E-state index contributed by atoms with van der Waals surface area (Å²) in [4.78, 5) is 14.2. The summed E-state index contributed by atoms with van der Waals surface area (Å²) in [5, 5.41) is 0.680. The summed E-state index contributed by atoms with van der Waals surface area (Å²) in [7, 11) is 1.85. The Morgan fingerprint density at radius 2 is 1.86 bits per heavy atom. The van der Waals surface area contributed by atoms with Gasteiger partial charge in [0.2, 0.25) is 5.56 Å². The molecule has 3 aromatic rings. The van der Waals surface area contributed by atoms with Crippen molar-refractivity contribution in [1.29, 1.82) is 0 Å². The molecule has 2 heterocycles. The lowest BCUT2D eigenvalue weighted by atomic mass is 10.0. The first-order valence-electron chi connectivity index (χ1n) is 6.40. The second-order valence-corrected chi connectivity index (χ2v) is 5.20. The van der Waals surface area contributed by atoms with Gasteiger partial charge < -0.3 is 9.55 Å². The van der Waals surface area contributed by atoms with Crippen LogP contribution in [0.25, 0.3) is 21.8 Å². The van der Waals surface area contributed by atoms with Crippen LogP contribution in [0.2, 0.25) is 0 Å². The Kier molecular flexibility index (Phi) is 2.70. The van der Waals surface area contributed by atoms with Crippen LogP contribution >= 0.6 is 0 Å². The molecule has 0 aliphatic carbocycles. The topological polar surface area (TPSA) is 37.8 Å². The molecule has 0 unspecified atom stereocenters. The number of nitrogens with one attached hydrogen (secondary N) is 1. The van der Waals surface area contributed by atoms with E-state index in [1.54, 1.807) is 6.07 Å². The SMILES string of the molecule is Cc1c(C)n(C)c2ccc3c(C(F)(F)F)cc(=O)[nH]c3c12. The van der Waals surface area contributed by atoms with Crippen LogP contribution < -0.4 is 5.56 Å². The van der Waals surface area contributed by atoms with Crippen molar-refractivity contribution < 1.29 is 13.2 Å². The van der Waals surface area contributed by atoms with Crippen LogP contribution in [0.4, 0.5) is 13.2 Å². The van der Waals surface area contributed by atoms with Crippen LogP contribution in [0.1, 0.15) is 16.8 Å². The Hall–Kier alpha value is -2.24. The molecule has 6 heteroatoms. The fraction of sp³-hybridized carbons (Fsp3) is 0.267. The van der Waals surface area contributed by atoms with Gasteiger partial charge in [0.25, 0.3) is 0 Å². The number of H-pyrrole nitrogens is 1. The molecule has 0 aliphatic rings. The third-order valence-corrected chi connectivity index (χ3v) is 4.08. The van der Waals surface area contributed by atoms with Gasteiger partial charge in [0.05, 0.1) is 16.6 Å². The third-order valence-electron chi connectivity index (χ3n) is 4.08. The van der Waals surface area contributed by atoms with Gasteiger partial charge in [-0.3, -0.25) is 4.79 Å². The number of alkyl halides is 3. The molecule has 1 N–H and O–H groups in total. The maximum absolute atomic E-state index is 13.1. The van der Waals surface area contributed by atoms with Gasteiger partial charge in [-0.15, -0.1) is 0 Å². The number of benzene rings is 1. The zero-order valence-corrected chi connectivity index (χ0v) is 11.7. The van der Waals surface area contributed by atoms with E-state index >= 15 is 0 Å². The van der Waals surface area contributed by atoms with Crippen molar-refractivity contribution in [3.8, 4) is 0 Å². The van der Waals surface area contributed by atoms with E-state index in [9.17, 15) is 18.0 Å². The Bertz CT molecular complexity index is 932. The summed E-state index contributed by atoms with van der Waals surface area (Å²) >= 11 is 0. The number of rotatable bonds is 0. The van der Waals surface area contributed by atoms with Crippen molar-refractivity contribution in [2.75, 3.05) is 0 Å². The molecule has 0 bridgehead atoms. The van der Waals surface area contributed by atoms with Crippen molar-refractivity contribution in [1.82, 2.24) is 9.55 Å². The molecule has 3 nitrogen and oxygen atoms in total. The monoisotopic (exact) mass is 294 g/mol. The lowest BCUT2D eigenvalue weighted by Gasteiger charge is -2.11. The second-order valence-electron chi connectivity index (χ2n) is 5.20. The zero-order valence-electron chi connectivity index (χ0n) is 11.7. The smallest absolute Gasteiger partial charge is 0.348 e. The molecular weight excluding hydrogens is 281 g/mol. The highest BCUT2D eigenvalue weighted by Crippen LogP contribution is 2.37. The lowest BCUT2D eigenvalue weighted by molar-refractivity contribution is -0.136. The number of aryl methyl sites for hydroxylation is 2. The largest absolute Gasteiger partial charge is 0.417 e. The Morgan fingerprint density at radius 1 is 1.19 bits per heavy atom. The molecule has 2 aromatic heterocycles. The molecule has 0 radical (unpaired) electrons. The molecular formula is C15H13F3N2O. The first kappa shape index (κ1) is 13.7. The molecule has 110 valence electrons. The van der Waals surface area contributed by atoms with Crippen molar-refractivity contribution >= 4 is 21.8 Å². The molecule has 0 fully saturated rings. The highest BCUT2D eigenvalue weighted by Gasteiger charge is 2.33. The van der Waals surface area contributed by atoms with Crippen LogP contribution in [0.5, 0.6) is 0 Å². The van der Waals surface area contributed by atoms with Crippen LogP contribution in [-0.4, -0.2) is 9.55 Å². The number of hydrogen-bond donors (Lipinski definition) is 1. The van der Waals surface area contributed by atoms with Crippen molar-refractivity contribution in [3.05, 3.63) is 45.4 Å². The molecule has 0 spiro atoms. The maximum atomic E-state index is 13.1. The van der Waals surface area contributed by atoms with Gasteiger partial charge >= 0.3 is 6.18 Å². The summed E-state index contributed by atoms with van der Waals surface area (Å²) in [6.45, 7) is 3.74. The number of pyridine rings is 1. The standard InChI is InChI=1S/C15H13F3N2O/c1-7-8(2)20(3)11-5-4-9-10(15(16,17)18)6-12(21)19-14(9)13(7)11/h4-6H,1-3H3,(H,19,21). The predicted octanol–water partition coefficient (Wildman–Crippen LogP) is 3.66. The number of halogens is 3. The summed E-state index contributed by atoms with van der Waals surface area (Å²) in [5.41, 5.74) is 1.22. The quantitative estimate of drug-likeness (QED) is 0.675. The summed E-state index contributed by atoms with van der Waals surface area (Å²) in [6.07, 6.45) is -4.56. The molecule has 1 aromatic carbocycles. The summed E-state index contributed by atoms with van der Waals surface area (Å²) < 4.78 is 41.3. The van der Waals surface area contributed by atoms with E-state index in [1.807, 2.05) is 25.5 Å². The Morgan fingerprint density at radius 3 is 2.48 bits per heavy atom. The van der Waals surface area contributed by atoms with Gasteiger partial charge in [0.15, 0.2) is 0 Å². The number of aromatic nitrogens is 2. The molecule has 0 saturated heterocycles. The van der Waals surface area contributed by atoms with Crippen LogP contribution in [0.15, 0.2) is 23.0 Å². The van der Waals surface area contributed by atoms with E-state index in [-0.39, 0.29) is 10.9 Å². The molecule has 0 saturated carbocycles. The number of fused-ring (bicyclic) bond motifs is 3. The summed E-state index contributed by atoms with van der Waals surface area (Å²) in [6, 6.07) is 3.68. The van der Waals surface area contributed by atoms with E-state index in [4.69, 9.17) is 0 Å². The van der Waals surface area contributed by atoms with E-state index in [2.05, 4.69) is 4.98 Å².